The Bertz CT molecular complexity index is 2140. The maximum absolute atomic E-state index is 16.3. The van der Waals surface area contributed by atoms with Crippen molar-refractivity contribution in [2.24, 2.45) is 11.0 Å². The predicted octanol–water partition coefficient (Wildman–Crippen LogP) is 8.14. The van der Waals surface area contributed by atoms with Crippen molar-refractivity contribution >= 4 is 33.2 Å². The minimum Gasteiger partial charge on any atom is -0.457 e. The van der Waals surface area contributed by atoms with E-state index in [0.29, 0.717) is 40.2 Å². The van der Waals surface area contributed by atoms with Crippen LogP contribution in [0.1, 0.15) is 75.0 Å². The summed E-state index contributed by atoms with van der Waals surface area (Å²) in [5.74, 6) is -1.63. The third kappa shape index (κ3) is 8.09. The van der Waals surface area contributed by atoms with E-state index in [1.165, 1.54) is 12.1 Å². The smallest absolute Gasteiger partial charge is 0.346 e. The van der Waals surface area contributed by atoms with Crippen molar-refractivity contribution in [3.8, 4) is 11.1 Å². The molecule has 266 valence electrons. The van der Waals surface area contributed by atoms with Gasteiger partial charge in [0.25, 0.3) is 0 Å². The fourth-order valence-electron chi connectivity index (χ4n) is 6.42. The lowest BCUT2D eigenvalue weighted by molar-refractivity contribution is -0.844. The summed E-state index contributed by atoms with van der Waals surface area (Å²) < 4.78 is 51.7. The van der Waals surface area contributed by atoms with Crippen molar-refractivity contribution in [3.05, 3.63) is 131 Å². The minimum absolute atomic E-state index is 0.00319. The lowest BCUT2D eigenvalue weighted by Crippen LogP contribution is -2.40. The zero-order chi connectivity index (χ0) is 37.1. The number of hydrogen-bond acceptors (Lipinski definition) is 6. The number of esters is 1. The van der Waals surface area contributed by atoms with Gasteiger partial charge >= 0.3 is 5.97 Å². The van der Waals surface area contributed by atoms with Crippen molar-refractivity contribution in [2.45, 2.75) is 65.0 Å². The molecule has 0 radical (unpaired) electrons. The fraction of sp³-hybridized carbons (Fsp3) is 0.293. The third-order valence-corrected chi connectivity index (χ3v) is 10.3. The molecule has 8 nitrogen and oxygen atoms in total. The van der Waals surface area contributed by atoms with Crippen molar-refractivity contribution in [1.29, 1.82) is 0 Å². The molecule has 1 atom stereocenters. The number of benzene rings is 4. The van der Waals surface area contributed by atoms with Crippen LogP contribution >= 0.6 is 0 Å². The molecule has 5 rings (SSSR count). The van der Waals surface area contributed by atoms with Crippen LogP contribution in [-0.4, -0.2) is 49.6 Å². The van der Waals surface area contributed by atoms with Crippen LogP contribution in [0.2, 0.25) is 0 Å². The lowest BCUT2D eigenvalue weighted by atomic mass is 9.94. The van der Waals surface area contributed by atoms with Crippen LogP contribution in [0.3, 0.4) is 0 Å². The van der Waals surface area contributed by atoms with E-state index < -0.39 is 27.3 Å². The average Bonchev–Trinajstić information content (AvgIpc) is 3.39. The molecule has 0 saturated heterocycles. The van der Waals surface area contributed by atoms with Gasteiger partial charge in [0.2, 0.25) is 10.0 Å². The van der Waals surface area contributed by atoms with Gasteiger partial charge in [-0.3, -0.25) is 4.79 Å². The molecule has 1 aliphatic heterocycles. The summed E-state index contributed by atoms with van der Waals surface area (Å²) in [7, 11) is -2.11. The molecule has 0 fully saturated rings. The van der Waals surface area contributed by atoms with Gasteiger partial charge in [-0.2, -0.15) is 4.59 Å². The van der Waals surface area contributed by atoms with Gasteiger partial charge in [-0.25, -0.2) is 22.3 Å². The zero-order valence-electron chi connectivity index (χ0n) is 30.2. The molecule has 4 aromatic carbocycles. The van der Waals surface area contributed by atoms with E-state index in [1.807, 2.05) is 33.9 Å². The molecule has 4 aromatic rings. The highest BCUT2D eigenvalue weighted by Crippen LogP contribution is 2.40. The van der Waals surface area contributed by atoms with Gasteiger partial charge in [0, 0.05) is 44.8 Å². The summed E-state index contributed by atoms with van der Waals surface area (Å²) in [4.78, 5) is 27.5. The molecule has 1 aliphatic rings. The van der Waals surface area contributed by atoms with Gasteiger partial charge < -0.3 is 4.74 Å². The molecular formula is C41H45FN3O5S+. The highest BCUT2D eigenvalue weighted by atomic mass is 32.2. The minimum atomic E-state index is -3.99. The lowest BCUT2D eigenvalue weighted by Gasteiger charge is -2.27. The number of quaternary nitrogens is 1. The molecule has 1 N–H and O–H groups in total. The molecular weight excluding hydrogens is 666 g/mol. The summed E-state index contributed by atoms with van der Waals surface area (Å²) in [6.45, 7) is 11.5. The Balaban J connectivity index is 1.57. The van der Waals surface area contributed by atoms with E-state index in [1.54, 1.807) is 99.6 Å². The number of carbonyl (C=O) groups excluding carboxylic acids is 2. The summed E-state index contributed by atoms with van der Waals surface area (Å²) in [5.41, 5.74) is 2.77. The number of sulfonamides is 1. The van der Waals surface area contributed by atoms with Crippen LogP contribution in [0.15, 0.2) is 113 Å². The first-order valence-corrected chi connectivity index (χ1v) is 18.5. The monoisotopic (exact) mass is 710 g/mol. The summed E-state index contributed by atoms with van der Waals surface area (Å²) >= 11 is 0. The van der Waals surface area contributed by atoms with Gasteiger partial charge in [-0.05, 0) is 45.4 Å². The second-order valence-electron chi connectivity index (χ2n) is 14.2. The number of halogens is 1. The number of ether oxygens (including phenoxy) is 1. The highest BCUT2D eigenvalue weighted by molar-refractivity contribution is 7.89. The first kappa shape index (κ1) is 37.5. The molecule has 0 aromatic heterocycles. The van der Waals surface area contributed by atoms with Crippen molar-refractivity contribution in [3.63, 3.8) is 0 Å². The normalized spacial score (nSPS) is 16.4. The predicted molar refractivity (Wildman–Crippen MR) is 199 cm³/mol. The second kappa shape index (κ2) is 14.8. The standard InChI is InChI=1S/C41H45FN3O5S/c1-8-24-45(7)38(29-22-23-32(34(42)25-29)33-20-14-15-21-35(33)51(48,49)44-41(4,5)6)36(37(43-45)27(2)3)40(47)50-26-30-18-12-13-19-31(30)39(46)28-16-10-9-11-17-28/h9-23,25,27,44H,8,24,26H2,1-7H3/q+1. The number of nitrogens with zero attached hydrogens (tertiary/aromatic N) is 2. The Hall–Kier alpha value is -4.77. The van der Waals surface area contributed by atoms with Crippen molar-refractivity contribution in [1.82, 2.24) is 4.72 Å². The van der Waals surface area contributed by atoms with E-state index in [9.17, 15) is 18.0 Å². The van der Waals surface area contributed by atoms with E-state index in [4.69, 9.17) is 9.84 Å². The van der Waals surface area contributed by atoms with Crippen LogP contribution in [0, 0.1) is 11.7 Å². The first-order chi connectivity index (χ1) is 24.1. The molecule has 51 heavy (non-hydrogen) atoms. The van der Waals surface area contributed by atoms with Crippen LogP contribution in [0.4, 0.5) is 4.39 Å². The van der Waals surface area contributed by atoms with Crippen LogP contribution in [0.5, 0.6) is 0 Å². The molecule has 10 heteroatoms. The van der Waals surface area contributed by atoms with E-state index in [0.717, 1.165) is 6.42 Å². The SMILES string of the molecule is CCC[N+]1(C)N=C(C(C)C)C(C(=O)OCc2ccccc2C(=O)c2ccccc2)=C1c1ccc(-c2ccccc2S(=O)(=O)NC(C)(C)C)c(F)c1. The Morgan fingerprint density at radius 1 is 0.902 bits per heavy atom. The Morgan fingerprint density at radius 2 is 1.55 bits per heavy atom. The molecule has 1 heterocycles. The average molecular weight is 711 g/mol. The molecule has 0 spiro atoms. The zero-order valence-corrected chi connectivity index (χ0v) is 31.0. The Morgan fingerprint density at radius 3 is 2.20 bits per heavy atom. The van der Waals surface area contributed by atoms with Crippen LogP contribution in [-0.2, 0) is 26.2 Å². The number of nitrogens with one attached hydrogen (secondary N) is 1. The quantitative estimate of drug-likeness (QED) is 0.0909. The molecule has 0 bridgehead atoms. The number of carbonyl (C=O) groups is 2. The molecule has 0 amide bonds. The molecule has 0 saturated carbocycles. The van der Waals surface area contributed by atoms with Crippen LogP contribution in [0.25, 0.3) is 16.8 Å². The molecule has 1 unspecified atom stereocenters. The Kier molecular flexibility index (Phi) is 10.9. The maximum atomic E-state index is 16.3. The van der Waals surface area contributed by atoms with Gasteiger partial charge in [0.15, 0.2) is 17.1 Å². The van der Waals surface area contributed by atoms with Gasteiger partial charge in [0.1, 0.15) is 24.7 Å². The van der Waals surface area contributed by atoms with E-state index >= 15 is 4.39 Å². The Labute approximate surface area is 300 Å². The second-order valence-corrected chi connectivity index (χ2v) is 15.9. The number of hydrogen-bond donors (Lipinski definition) is 1. The van der Waals surface area contributed by atoms with Gasteiger partial charge in [-0.15, -0.1) is 0 Å². The topological polar surface area (TPSA) is 102 Å². The fourth-order valence-corrected chi connectivity index (χ4v) is 8.06. The summed E-state index contributed by atoms with van der Waals surface area (Å²) in [6.07, 6.45) is 0.721. The van der Waals surface area contributed by atoms with Crippen molar-refractivity contribution in [2.75, 3.05) is 13.6 Å². The number of ketones is 1. The largest absolute Gasteiger partial charge is 0.457 e. The van der Waals surface area contributed by atoms with E-state index in [-0.39, 0.29) is 44.5 Å². The number of rotatable bonds is 12. The van der Waals surface area contributed by atoms with Crippen molar-refractivity contribution < 1.29 is 31.7 Å². The van der Waals surface area contributed by atoms with Gasteiger partial charge in [0.05, 0.1) is 11.9 Å². The third-order valence-electron chi connectivity index (χ3n) is 8.52. The molecule has 0 aliphatic carbocycles. The first-order valence-electron chi connectivity index (χ1n) is 17.0. The summed E-state index contributed by atoms with van der Waals surface area (Å²) in [5, 5.41) is 5.02. The summed E-state index contributed by atoms with van der Waals surface area (Å²) in [6, 6.07) is 26.8. The van der Waals surface area contributed by atoms with E-state index in [2.05, 4.69) is 4.72 Å². The highest BCUT2D eigenvalue weighted by Gasteiger charge is 2.45. The van der Waals surface area contributed by atoms with Gasteiger partial charge in [-0.1, -0.05) is 105 Å². The van der Waals surface area contributed by atoms with Crippen LogP contribution < -0.4 is 4.72 Å². The maximum Gasteiger partial charge on any atom is 0.346 e.